The van der Waals surface area contributed by atoms with E-state index in [9.17, 15) is 0 Å². The van der Waals surface area contributed by atoms with Crippen LogP contribution in [-0.2, 0) is 0 Å². The molecule has 2 rings (SSSR count). The molecule has 2 aromatic rings. The maximum atomic E-state index is 5.99. The van der Waals surface area contributed by atoms with Gasteiger partial charge in [-0.2, -0.15) is 0 Å². The minimum atomic E-state index is 0.240. The third-order valence-electron chi connectivity index (χ3n) is 1.70. The van der Waals surface area contributed by atoms with E-state index in [4.69, 9.17) is 58.6 Å². The van der Waals surface area contributed by atoms with Crippen molar-refractivity contribution in [2.75, 3.05) is 0 Å². The van der Waals surface area contributed by atoms with Gasteiger partial charge in [-0.25, -0.2) is 0 Å². The van der Waals surface area contributed by atoms with Crippen LogP contribution in [0.3, 0.4) is 0 Å². The molecular formula is C7HCl4NS2. The van der Waals surface area contributed by atoms with E-state index in [0.717, 1.165) is 4.70 Å². The number of hydrogen-bond donors (Lipinski definition) is 1. The van der Waals surface area contributed by atoms with Gasteiger partial charge in [0.2, 0.25) is 0 Å². The zero-order valence-corrected chi connectivity index (χ0v) is 11.0. The highest BCUT2D eigenvalue weighted by molar-refractivity contribution is 7.71. The van der Waals surface area contributed by atoms with Gasteiger partial charge < -0.3 is 4.37 Å². The van der Waals surface area contributed by atoms with Gasteiger partial charge in [0.25, 0.3) is 0 Å². The summed E-state index contributed by atoms with van der Waals surface area (Å²) in [4.78, 5) is 0. The molecule has 14 heavy (non-hydrogen) atoms. The normalized spacial score (nSPS) is 11.1. The zero-order valence-electron chi connectivity index (χ0n) is 6.33. The van der Waals surface area contributed by atoms with Crippen molar-refractivity contribution in [1.82, 2.24) is 4.37 Å². The van der Waals surface area contributed by atoms with Crippen LogP contribution < -0.4 is 0 Å². The fraction of sp³-hybridized carbons (Fsp3) is 0. The summed E-state index contributed by atoms with van der Waals surface area (Å²) in [5.41, 5.74) is 0. The number of nitrogens with one attached hydrogen (secondary N) is 1. The van der Waals surface area contributed by atoms with Crippen LogP contribution in [0.1, 0.15) is 0 Å². The molecule has 0 radical (unpaired) electrons. The second-order valence-electron chi connectivity index (χ2n) is 2.49. The lowest BCUT2D eigenvalue weighted by Crippen LogP contribution is -1.76. The van der Waals surface area contributed by atoms with Crippen LogP contribution in [0.2, 0.25) is 20.1 Å². The molecule has 74 valence electrons. The Morgan fingerprint density at radius 2 is 1.50 bits per heavy atom. The highest BCUT2D eigenvalue weighted by Gasteiger charge is 2.17. The van der Waals surface area contributed by atoms with Crippen molar-refractivity contribution in [2.24, 2.45) is 0 Å². The standard InChI is InChI=1S/C7HCl4NS2/c8-2-1-6(14-12-7(1)13)5(11)4(10)3(2)9/h(H,12,13). The minimum Gasteiger partial charge on any atom is -0.301 e. The number of aromatic amines is 1. The number of H-pyrrole nitrogens is 1. The first-order valence-corrected chi connectivity index (χ1v) is 6.10. The summed E-state index contributed by atoms with van der Waals surface area (Å²) in [5.74, 6) is 0. The Morgan fingerprint density at radius 3 is 2.14 bits per heavy atom. The molecular weight excluding hydrogens is 304 g/mol. The molecule has 0 bridgehead atoms. The van der Waals surface area contributed by atoms with Gasteiger partial charge in [0.15, 0.2) is 0 Å². The molecule has 7 heteroatoms. The van der Waals surface area contributed by atoms with Gasteiger partial charge in [-0.15, -0.1) is 0 Å². The van der Waals surface area contributed by atoms with Crippen molar-refractivity contribution >= 4 is 80.2 Å². The number of rotatable bonds is 0. The van der Waals surface area contributed by atoms with E-state index in [1.54, 1.807) is 0 Å². The topological polar surface area (TPSA) is 15.8 Å². The Balaban J connectivity index is 3.13. The van der Waals surface area contributed by atoms with Crippen LogP contribution >= 0.6 is 70.2 Å². The van der Waals surface area contributed by atoms with Crippen LogP contribution in [0.25, 0.3) is 10.1 Å². The summed E-state index contributed by atoms with van der Waals surface area (Å²) in [6.45, 7) is 0. The first kappa shape index (κ1) is 11.0. The van der Waals surface area contributed by atoms with Gasteiger partial charge in [0.1, 0.15) is 4.64 Å². The molecule has 0 aliphatic rings. The molecule has 0 saturated carbocycles. The molecule has 0 spiro atoms. The van der Waals surface area contributed by atoms with Gasteiger partial charge in [-0.1, -0.05) is 70.2 Å². The number of fused-ring (bicyclic) bond motifs is 1. The van der Waals surface area contributed by atoms with Crippen LogP contribution in [0.15, 0.2) is 0 Å². The highest BCUT2D eigenvalue weighted by atomic mass is 35.5. The summed E-state index contributed by atoms with van der Waals surface area (Å²) in [7, 11) is 0. The predicted molar refractivity (Wildman–Crippen MR) is 67.0 cm³/mol. The molecule has 0 aliphatic heterocycles. The predicted octanol–water partition coefficient (Wildman–Crippen LogP) is 5.57. The number of hydrogen-bond acceptors (Lipinski definition) is 2. The summed E-state index contributed by atoms with van der Waals surface area (Å²) in [5, 5.41) is 1.89. The van der Waals surface area contributed by atoms with E-state index in [1.807, 2.05) is 0 Å². The maximum Gasteiger partial charge on any atom is 0.122 e. The SMILES string of the molecule is S=c1[nH]sc2c(Cl)c(Cl)c(Cl)c(Cl)c12. The van der Waals surface area contributed by atoms with E-state index in [-0.39, 0.29) is 10.0 Å². The maximum absolute atomic E-state index is 5.99. The van der Waals surface area contributed by atoms with Crippen LogP contribution in [-0.4, -0.2) is 4.37 Å². The first-order valence-electron chi connectivity index (χ1n) is 3.37. The van der Waals surface area contributed by atoms with Crippen LogP contribution in [0.5, 0.6) is 0 Å². The second-order valence-corrected chi connectivity index (χ2v) is 5.23. The second kappa shape index (κ2) is 3.81. The van der Waals surface area contributed by atoms with Gasteiger partial charge in [-0.3, -0.25) is 0 Å². The average Bonchev–Trinajstić information content (AvgIpc) is 2.54. The molecule has 1 aromatic carbocycles. The van der Waals surface area contributed by atoms with E-state index >= 15 is 0 Å². The van der Waals surface area contributed by atoms with Crippen molar-refractivity contribution in [1.29, 1.82) is 0 Å². The third-order valence-corrected chi connectivity index (χ3v) is 4.96. The van der Waals surface area contributed by atoms with E-state index in [1.165, 1.54) is 11.5 Å². The Morgan fingerprint density at radius 1 is 0.929 bits per heavy atom. The Kier molecular flexibility index (Phi) is 2.99. The molecule has 0 fully saturated rings. The summed E-state index contributed by atoms with van der Waals surface area (Å²) in [6, 6.07) is 0. The fourth-order valence-corrected chi connectivity index (χ4v) is 3.48. The lowest BCUT2D eigenvalue weighted by Gasteiger charge is -2.02. The van der Waals surface area contributed by atoms with E-state index in [0.29, 0.717) is 20.1 Å². The molecule has 0 unspecified atom stereocenters. The van der Waals surface area contributed by atoms with Crippen molar-refractivity contribution in [2.45, 2.75) is 0 Å². The van der Waals surface area contributed by atoms with Crippen molar-refractivity contribution in [3.63, 3.8) is 0 Å². The fourth-order valence-electron chi connectivity index (χ4n) is 1.06. The monoisotopic (exact) mass is 303 g/mol. The molecule has 1 N–H and O–H groups in total. The van der Waals surface area contributed by atoms with Crippen LogP contribution in [0, 0.1) is 4.64 Å². The molecule has 0 aliphatic carbocycles. The number of halogens is 4. The lowest BCUT2D eigenvalue weighted by atomic mass is 10.3. The minimum absolute atomic E-state index is 0.240. The van der Waals surface area contributed by atoms with Crippen LogP contribution in [0.4, 0.5) is 0 Å². The number of aromatic nitrogens is 1. The smallest absolute Gasteiger partial charge is 0.122 e. The zero-order chi connectivity index (χ0) is 10.5. The highest BCUT2D eigenvalue weighted by Crippen LogP contribution is 2.44. The molecule has 1 nitrogen and oxygen atoms in total. The lowest BCUT2D eigenvalue weighted by molar-refractivity contribution is 1.56. The quantitative estimate of drug-likeness (QED) is 0.382. The Bertz CT molecular complexity index is 571. The van der Waals surface area contributed by atoms with Gasteiger partial charge in [0, 0.05) is 0 Å². The first-order chi connectivity index (χ1) is 6.54. The average molecular weight is 305 g/mol. The van der Waals surface area contributed by atoms with Crippen molar-refractivity contribution < 1.29 is 0 Å². The molecule has 0 saturated heterocycles. The van der Waals surface area contributed by atoms with E-state index < -0.39 is 0 Å². The van der Waals surface area contributed by atoms with Crippen molar-refractivity contribution in [3.05, 3.63) is 24.7 Å². The summed E-state index contributed by atoms with van der Waals surface area (Å²) < 4.78 is 4.14. The molecule has 1 heterocycles. The Hall–Kier alpha value is 0.490. The molecule has 0 amide bonds. The molecule has 1 aromatic heterocycles. The summed E-state index contributed by atoms with van der Waals surface area (Å²) >= 11 is 30.1. The summed E-state index contributed by atoms with van der Waals surface area (Å²) in [6.07, 6.45) is 0. The van der Waals surface area contributed by atoms with Crippen molar-refractivity contribution in [3.8, 4) is 0 Å². The van der Waals surface area contributed by atoms with E-state index in [2.05, 4.69) is 4.37 Å². The third kappa shape index (κ3) is 1.47. The van der Waals surface area contributed by atoms with Gasteiger partial charge in [0.05, 0.1) is 30.2 Å². The number of benzene rings is 1. The molecule has 0 atom stereocenters. The van der Waals surface area contributed by atoms with Gasteiger partial charge >= 0.3 is 0 Å². The Labute approximate surface area is 109 Å². The largest absolute Gasteiger partial charge is 0.301 e. The van der Waals surface area contributed by atoms with Gasteiger partial charge in [-0.05, 0) is 0 Å².